The monoisotopic (exact) mass is 289 g/mol. The van der Waals surface area contributed by atoms with Crippen LogP contribution in [-0.4, -0.2) is 26.4 Å². The summed E-state index contributed by atoms with van der Waals surface area (Å²) in [7, 11) is 1.74. The molecule has 1 aromatic carbocycles. The van der Waals surface area contributed by atoms with E-state index >= 15 is 0 Å². The zero-order valence-corrected chi connectivity index (χ0v) is 11.3. The third kappa shape index (κ3) is 3.79. The summed E-state index contributed by atoms with van der Waals surface area (Å²) in [5.74, 6) is 1.30. The van der Waals surface area contributed by atoms with E-state index < -0.39 is 12.6 Å². The van der Waals surface area contributed by atoms with E-state index in [1.165, 1.54) is 0 Å². The van der Waals surface area contributed by atoms with Crippen LogP contribution in [0.3, 0.4) is 0 Å². The molecule has 1 aromatic rings. The lowest BCUT2D eigenvalue weighted by atomic mass is 9.99. The van der Waals surface area contributed by atoms with Gasteiger partial charge in [0.05, 0.1) is 0 Å². The summed E-state index contributed by atoms with van der Waals surface area (Å²) < 4.78 is 47.7. The second kappa shape index (κ2) is 6.35. The summed E-state index contributed by atoms with van der Waals surface area (Å²) in [6.45, 7) is 0.956. The summed E-state index contributed by atoms with van der Waals surface area (Å²) >= 11 is 0. The molecule has 2 rings (SSSR count). The first kappa shape index (κ1) is 15.0. The van der Waals surface area contributed by atoms with Crippen LogP contribution in [0.2, 0.25) is 0 Å². The van der Waals surface area contributed by atoms with Gasteiger partial charge in [0.15, 0.2) is 11.5 Å². The van der Waals surface area contributed by atoms with E-state index in [0.717, 1.165) is 5.56 Å². The Morgan fingerprint density at radius 2 is 2.00 bits per heavy atom. The number of benzene rings is 1. The van der Waals surface area contributed by atoms with Crippen molar-refractivity contribution in [2.24, 2.45) is 0 Å². The number of hydrogen-bond donors (Lipinski definition) is 1. The molecule has 1 N–H and O–H groups in total. The highest BCUT2D eigenvalue weighted by Crippen LogP contribution is 2.38. The van der Waals surface area contributed by atoms with Crippen molar-refractivity contribution < 1.29 is 22.6 Å². The summed E-state index contributed by atoms with van der Waals surface area (Å²) in [6, 6.07) is 5.33. The van der Waals surface area contributed by atoms with E-state index in [1.807, 2.05) is 12.1 Å². The molecule has 0 aliphatic carbocycles. The molecule has 1 aliphatic heterocycles. The Kier molecular flexibility index (Phi) is 4.75. The van der Waals surface area contributed by atoms with Crippen molar-refractivity contribution in [1.29, 1.82) is 0 Å². The van der Waals surface area contributed by atoms with Crippen molar-refractivity contribution in [3.8, 4) is 11.5 Å². The van der Waals surface area contributed by atoms with Crippen molar-refractivity contribution in [1.82, 2.24) is 5.32 Å². The molecule has 0 amide bonds. The lowest BCUT2D eigenvalue weighted by molar-refractivity contribution is -0.135. The topological polar surface area (TPSA) is 30.5 Å². The van der Waals surface area contributed by atoms with Gasteiger partial charge in [-0.3, -0.25) is 0 Å². The molecule has 0 aromatic heterocycles. The highest BCUT2D eigenvalue weighted by molar-refractivity contribution is 5.48. The summed E-state index contributed by atoms with van der Waals surface area (Å²) in [4.78, 5) is 0. The minimum Gasteiger partial charge on any atom is -0.486 e. The zero-order chi connectivity index (χ0) is 14.6. The molecule has 0 fully saturated rings. The average molecular weight is 289 g/mol. The third-order valence-electron chi connectivity index (χ3n) is 3.27. The Bertz CT molecular complexity index is 449. The maximum atomic E-state index is 12.2. The minimum atomic E-state index is -4.10. The SMILES string of the molecule is CNC(CCCC(F)(F)F)c1cccc2c1OCCO2. The van der Waals surface area contributed by atoms with E-state index in [4.69, 9.17) is 9.47 Å². The van der Waals surface area contributed by atoms with Gasteiger partial charge < -0.3 is 14.8 Å². The number of rotatable bonds is 5. The molecule has 0 saturated heterocycles. The van der Waals surface area contributed by atoms with Gasteiger partial charge >= 0.3 is 6.18 Å². The van der Waals surface area contributed by atoms with Crippen LogP contribution in [0.25, 0.3) is 0 Å². The molecule has 6 heteroatoms. The Morgan fingerprint density at radius 3 is 2.70 bits per heavy atom. The first-order chi connectivity index (χ1) is 9.51. The molecule has 1 atom stereocenters. The normalized spacial score (nSPS) is 16.0. The van der Waals surface area contributed by atoms with Gasteiger partial charge in [0.25, 0.3) is 0 Å². The second-order valence-electron chi connectivity index (χ2n) is 4.72. The lowest BCUT2D eigenvalue weighted by Gasteiger charge is -2.25. The van der Waals surface area contributed by atoms with Crippen LogP contribution in [-0.2, 0) is 0 Å². The Morgan fingerprint density at radius 1 is 1.25 bits per heavy atom. The molecule has 0 radical (unpaired) electrons. The highest BCUT2D eigenvalue weighted by Gasteiger charge is 2.27. The van der Waals surface area contributed by atoms with Crippen LogP contribution in [0.5, 0.6) is 11.5 Å². The fourth-order valence-electron chi connectivity index (χ4n) is 2.33. The van der Waals surface area contributed by atoms with E-state index in [-0.39, 0.29) is 12.5 Å². The van der Waals surface area contributed by atoms with Crippen LogP contribution < -0.4 is 14.8 Å². The van der Waals surface area contributed by atoms with E-state index in [0.29, 0.717) is 31.1 Å². The highest BCUT2D eigenvalue weighted by atomic mass is 19.4. The molecule has 20 heavy (non-hydrogen) atoms. The van der Waals surface area contributed by atoms with Crippen molar-refractivity contribution >= 4 is 0 Å². The van der Waals surface area contributed by atoms with E-state index in [2.05, 4.69) is 5.32 Å². The van der Waals surface area contributed by atoms with Gasteiger partial charge in [-0.25, -0.2) is 0 Å². The van der Waals surface area contributed by atoms with Crippen LogP contribution in [0.1, 0.15) is 30.9 Å². The Labute approximate surface area is 116 Å². The molecule has 0 saturated carbocycles. The summed E-state index contributed by atoms with van der Waals surface area (Å²) in [6.07, 6.45) is -4.39. The summed E-state index contributed by atoms with van der Waals surface area (Å²) in [5.41, 5.74) is 0.854. The largest absolute Gasteiger partial charge is 0.486 e. The van der Waals surface area contributed by atoms with Crippen molar-refractivity contribution in [2.45, 2.75) is 31.5 Å². The number of ether oxygens (including phenoxy) is 2. The standard InChI is InChI=1S/C14H18F3NO2/c1-18-11(5-3-7-14(15,16)17)10-4-2-6-12-13(10)20-9-8-19-12/h2,4,6,11,18H,3,5,7-9H2,1H3. The fraction of sp³-hybridized carbons (Fsp3) is 0.571. The van der Waals surface area contributed by atoms with Crippen LogP contribution in [0.15, 0.2) is 18.2 Å². The number of nitrogens with one attached hydrogen (secondary N) is 1. The van der Waals surface area contributed by atoms with Gasteiger partial charge in [0.2, 0.25) is 0 Å². The predicted molar refractivity (Wildman–Crippen MR) is 69.1 cm³/mol. The van der Waals surface area contributed by atoms with Gasteiger partial charge in [-0.05, 0) is 26.0 Å². The van der Waals surface area contributed by atoms with Gasteiger partial charge in [0, 0.05) is 18.0 Å². The van der Waals surface area contributed by atoms with E-state index in [1.54, 1.807) is 13.1 Å². The predicted octanol–water partition coefficient (Wildman–Crippen LogP) is 3.45. The quantitative estimate of drug-likeness (QED) is 0.900. The number of para-hydroxylation sites is 1. The van der Waals surface area contributed by atoms with Gasteiger partial charge in [-0.15, -0.1) is 0 Å². The number of fused-ring (bicyclic) bond motifs is 1. The molecule has 0 bridgehead atoms. The van der Waals surface area contributed by atoms with Crippen LogP contribution >= 0.6 is 0 Å². The smallest absolute Gasteiger partial charge is 0.389 e. The molecule has 3 nitrogen and oxygen atoms in total. The number of alkyl halides is 3. The molecule has 1 heterocycles. The van der Waals surface area contributed by atoms with Crippen LogP contribution in [0.4, 0.5) is 13.2 Å². The van der Waals surface area contributed by atoms with Gasteiger partial charge in [-0.1, -0.05) is 12.1 Å². The molecule has 112 valence electrons. The third-order valence-corrected chi connectivity index (χ3v) is 3.27. The van der Waals surface area contributed by atoms with Crippen molar-refractivity contribution in [2.75, 3.05) is 20.3 Å². The summed E-state index contributed by atoms with van der Waals surface area (Å²) in [5, 5.41) is 3.05. The lowest BCUT2D eigenvalue weighted by Crippen LogP contribution is -2.22. The van der Waals surface area contributed by atoms with Gasteiger partial charge in [0.1, 0.15) is 13.2 Å². The molecular formula is C14H18F3NO2. The maximum Gasteiger partial charge on any atom is 0.389 e. The van der Waals surface area contributed by atoms with E-state index in [9.17, 15) is 13.2 Å². The molecule has 0 spiro atoms. The molecule has 1 unspecified atom stereocenters. The fourth-order valence-corrected chi connectivity index (χ4v) is 2.33. The van der Waals surface area contributed by atoms with Crippen molar-refractivity contribution in [3.63, 3.8) is 0 Å². The zero-order valence-electron chi connectivity index (χ0n) is 11.3. The average Bonchev–Trinajstić information content (AvgIpc) is 2.42. The Balaban J connectivity index is 2.07. The minimum absolute atomic E-state index is 0.0829. The number of halogens is 3. The molecule has 1 aliphatic rings. The second-order valence-corrected chi connectivity index (χ2v) is 4.72. The molecular weight excluding hydrogens is 271 g/mol. The first-order valence-electron chi connectivity index (χ1n) is 6.64. The van der Waals surface area contributed by atoms with Crippen LogP contribution in [0, 0.1) is 0 Å². The Hall–Kier alpha value is -1.43. The number of hydrogen-bond acceptors (Lipinski definition) is 3. The van der Waals surface area contributed by atoms with Crippen molar-refractivity contribution in [3.05, 3.63) is 23.8 Å². The maximum absolute atomic E-state index is 12.2. The van der Waals surface area contributed by atoms with Gasteiger partial charge in [-0.2, -0.15) is 13.2 Å². The first-order valence-corrected chi connectivity index (χ1v) is 6.64.